The van der Waals surface area contributed by atoms with Crippen molar-refractivity contribution in [3.05, 3.63) is 77.3 Å². The molecule has 3 aromatic carbocycles. The molecular weight excluding hydrogens is 482 g/mol. The monoisotopic (exact) mass is 507 g/mol. The minimum absolute atomic E-state index is 0.311. The van der Waals surface area contributed by atoms with E-state index in [2.05, 4.69) is 30.5 Å². The number of methoxy groups -OCH3 is 1. The first-order chi connectivity index (χ1) is 17.0. The SMILES string of the molecule is COc1ccc(-c2nc(COc3ccc(OCC(=O)O)c(C)c3)sc2-c2ccc(SC)cc2)cc1. The van der Waals surface area contributed by atoms with Gasteiger partial charge in [-0.2, -0.15) is 0 Å². The summed E-state index contributed by atoms with van der Waals surface area (Å²) in [5, 5.41) is 9.66. The van der Waals surface area contributed by atoms with Crippen molar-refractivity contribution in [3.63, 3.8) is 0 Å². The average Bonchev–Trinajstić information content (AvgIpc) is 3.31. The molecule has 4 rings (SSSR count). The van der Waals surface area contributed by atoms with E-state index in [1.807, 2.05) is 37.3 Å². The van der Waals surface area contributed by atoms with Gasteiger partial charge in [0.25, 0.3) is 0 Å². The van der Waals surface area contributed by atoms with Crippen molar-refractivity contribution in [2.75, 3.05) is 20.0 Å². The quantitative estimate of drug-likeness (QED) is 0.244. The Morgan fingerprint density at radius 3 is 2.29 bits per heavy atom. The molecule has 0 unspecified atom stereocenters. The number of benzene rings is 3. The van der Waals surface area contributed by atoms with Crippen LogP contribution in [-0.2, 0) is 11.4 Å². The molecule has 0 amide bonds. The fraction of sp³-hybridized carbons (Fsp3) is 0.185. The second-order valence-electron chi connectivity index (χ2n) is 7.64. The van der Waals surface area contributed by atoms with Gasteiger partial charge in [0.05, 0.1) is 17.7 Å². The van der Waals surface area contributed by atoms with E-state index in [0.717, 1.165) is 38.0 Å². The smallest absolute Gasteiger partial charge is 0.341 e. The summed E-state index contributed by atoms with van der Waals surface area (Å²) < 4.78 is 16.6. The van der Waals surface area contributed by atoms with E-state index in [-0.39, 0.29) is 6.61 Å². The molecule has 0 saturated heterocycles. The van der Waals surface area contributed by atoms with Crippen molar-refractivity contribution >= 4 is 29.1 Å². The summed E-state index contributed by atoms with van der Waals surface area (Å²) in [4.78, 5) is 17.9. The van der Waals surface area contributed by atoms with E-state index in [9.17, 15) is 4.79 Å². The Labute approximate surface area is 212 Å². The molecule has 0 saturated carbocycles. The van der Waals surface area contributed by atoms with Crippen LogP contribution in [0.2, 0.25) is 0 Å². The molecule has 6 nitrogen and oxygen atoms in total. The summed E-state index contributed by atoms with van der Waals surface area (Å²) in [5.41, 5.74) is 3.82. The normalized spacial score (nSPS) is 10.7. The van der Waals surface area contributed by atoms with E-state index in [4.69, 9.17) is 24.3 Å². The number of aliphatic carboxylic acids is 1. The molecule has 1 aromatic heterocycles. The number of carbonyl (C=O) groups is 1. The highest BCUT2D eigenvalue weighted by atomic mass is 32.2. The first kappa shape index (κ1) is 24.6. The zero-order valence-electron chi connectivity index (χ0n) is 19.6. The number of carboxylic acid groups (broad SMARTS) is 1. The van der Waals surface area contributed by atoms with Crippen LogP contribution in [0.4, 0.5) is 0 Å². The number of hydrogen-bond donors (Lipinski definition) is 1. The van der Waals surface area contributed by atoms with E-state index in [1.54, 1.807) is 42.3 Å². The van der Waals surface area contributed by atoms with Gasteiger partial charge < -0.3 is 19.3 Å². The van der Waals surface area contributed by atoms with Gasteiger partial charge in [0.15, 0.2) is 6.61 Å². The molecule has 0 aliphatic carbocycles. The van der Waals surface area contributed by atoms with Gasteiger partial charge in [-0.3, -0.25) is 0 Å². The third-order valence-corrected chi connectivity index (χ3v) is 7.07. The zero-order chi connectivity index (χ0) is 24.8. The highest BCUT2D eigenvalue weighted by molar-refractivity contribution is 7.98. The number of hydrogen-bond acceptors (Lipinski definition) is 7. The number of nitrogens with zero attached hydrogens (tertiary/aromatic N) is 1. The predicted octanol–water partition coefficient (Wildman–Crippen LogP) is 6.56. The van der Waals surface area contributed by atoms with Crippen LogP contribution in [0.3, 0.4) is 0 Å². The Kier molecular flexibility index (Phi) is 7.94. The lowest BCUT2D eigenvalue weighted by atomic mass is 10.1. The van der Waals surface area contributed by atoms with Crippen LogP contribution in [0.1, 0.15) is 10.6 Å². The summed E-state index contributed by atoms with van der Waals surface area (Å²) in [6, 6.07) is 21.7. The van der Waals surface area contributed by atoms with Gasteiger partial charge in [-0.25, -0.2) is 9.78 Å². The maximum absolute atomic E-state index is 10.7. The lowest BCUT2D eigenvalue weighted by Gasteiger charge is -2.09. The number of carboxylic acids is 1. The first-order valence-electron chi connectivity index (χ1n) is 10.8. The average molecular weight is 508 g/mol. The summed E-state index contributed by atoms with van der Waals surface area (Å²) in [7, 11) is 1.65. The number of ether oxygens (including phenoxy) is 3. The molecule has 0 fully saturated rings. The molecule has 0 aliphatic rings. The number of aryl methyl sites for hydroxylation is 1. The first-order valence-corrected chi connectivity index (χ1v) is 12.9. The number of aromatic nitrogens is 1. The maximum atomic E-state index is 10.7. The van der Waals surface area contributed by atoms with Gasteiger partial charge in [-0.1, -0.05) is 12.1 Å². The van der Waals surface area contributed by atoms with Crippen LogP contribution >= 0.6 is 23.1 Å². The Balaban J connectivity index is 1.58. The van der Waals surface area contributed by atoms with Crippen LogP contribution in [0, 0.1) is 6.92 Å². The van der Waals surface area contributed by atoms with Crippen molar-refractivity contribution in [2.45, 2.75) is 18.4 Å². The second kappa shape index (κ2) is 11.3. The van der Waals surface area contributed by atoms with Gasteiger partial charge in [0.1, 0.15) is 28.9 Å². The van der Waals surface area contributed by atoms with Gasteiger partial charge in [-0.05, 0) is 78.9 Å². The van der Waals surface area contributed by atoms with Crippen LogP contribution in [0.25, 0.3) is 21.7 Å². The highest BCUT2D eigenvalue weighted by Gasteiger charge is 2.16. The Morgan fingerprint density at radius 1 is 0.971 bits per heavy atom. The Morgan fingerprint density at radius 2 is 1.66 bits per heavy atom. The van der Waals surface area contributed by atoms with Crippen LogP contribution in [0.5, 0.6) is 17.2 Å². The van der Waals surface area contributed by atoms with Crippen LogP contribution in [-0.4, -0.2) is 36.0 Å². The molecule has 0 bridgehead atoms. The summed E-state index contributed by atoms with van der Waals surface area (Å²) in [6.07, 6.45) is 2.06. The molecular formula is C27H25NO5S2. The molecule has 4 aromatic rings. The van der Waals surface area contributed by atoms with Crippen molar-refractivity contribution in [1.82, 2.24) is 4.98 Å². The van der Waals surface area contributed by atoms with Crippen molar-refractivity contribution in [1.29, 1.82) is 0 Å². The molecule has 0 radical (unpaired) electrons. The maximum Gasteiger partial charge on any atom is 0.341 e. The van der Waals surface area contributed by atoms with E-state index < -0.39 is 5.97 Å². The van der Waals surface area contributed by atoms with E-state index >= 15 is 0 Å². The molecule has 8 heteroatoms. The molecule has 35 heavy (non-hydrogen) atoms. The molecule has 0 aliphatic heterocycles. The summed E-state index contributed by atoms with van der Waals surface area (Å²) in [5.74, 6) is 0.966. The van der Waals surface area contributed by atoms with Gasteiger partial charge >= 0.3 is 5.97 Å². The van der Waals surface area contributed by atoms with Crippen molar-refractivity contribution in [2.24, 2.45) is 0 Å². The molecule has 1 heterocycles. The fourth-order valence-corrected chi connectivity index (χ4v) is 4.88. The molecule has 1 N–H and O–H groups in total. The lowest BCUT2D eigenvalue weighted by molar-refractivity contribution is -0.139. The standard InChI is InChI=1S/C27H25NO5S2/c1-17-14-21(10-13-23(17)33-16-25(29)30)32-15-24-28-26(18-4-8-20(31-2)9-5-18)27(35-24)19-6-11-22(34-3)12-7-19/h4-14H,15-16H2,1-3H3,(H,29,30). The summed E-state index contributed by atoms with van der Waals surface area (Å²) in [6.45, 7) is 1.78. The highest BCUT2D eigenvalue weighted by Crippen LogP contribution is 2.38. The van der Waals surface area contributed by atoms with Crippen molar-refractivity contribution in [3.8, 4) is 38.9 Å². The van der Waals surface area contributed by atoms with E-state index in [0.29, 0.717) is 18.1 Å². The van der Waals surface area contributed by atoms with Gasteiger partial charge in [0, 0.05) is 10.5 Å². The molecule has 180 valence electrons. The lowest BCUT2D eigenvalue weighted by Crippen LogP contribution is -2.10. The van der Waals surface area contributed by atoms with Crippen molar-refractivity contribution < 1.29 is 24.1 Å². The van der Waals surface area contributed by atoms with Crippen LogP contribution < -0.4 is 14.2 Å². The zero-order valence-corrected chi connectivity index (χ0v) is 21.2. The second-order valence-corrected chi connectivity index (χ2v) is 9.60. The van der Waals surface area contributed by atoms with Gasteiger partial charge in [-0.15, -0.1) is 23.1 Å². The minimum atomic E-state index is -1.01. The minimum Gasteiger partial charge on any atom is -0.497 e. The third-order valence-electron chi connectivity index (χ3n) is 5.25. The van der Waals surface area contributed by atoms with Gasteiger partial charge in [0.2, 0.25) is 0 Å². The third kappa shape index (κ3) is 6.15. The molecule has 0 atom stereocenters. The number of thiazole rings is 1. The number of thioether (sulfide) groups is 1. The fourth-order valence-electron chi connectivity index (χ4n) is 3.47. The number of rotatable bonds is 10. The Hall–Kier alpha value is -3.49. The topological polar surface area (TPSA) is 77.9 Å². The predicted molar refractivity (Wildman–Crippen MR) is 140 cm³/mol. The Bertz CT molecular complexity index is 1240. The largest absolute Gasteiger partial charge is 0.497 e. The summed E-state index contributed by atoms with van der Waals surface area (Å²) >= 11 is 3.32. The van der Waals surface area contributed by atoms with E-state index in [1.165, 1.54) is 4.90 Å². The molecule has 0 spiro atoms. The van der Waals surface area contributed by atoms with Crippen LogP contribution in [0.15, 0.2) is 71.6 Å².